The zero-order chi connectivity index (χ0) is 15.3. The molecule has 0 aromatic carbocycles. The van der Waals surface area contributed by atoms with Gasteiger partial charge in [0, 0.05) is 6.04 Å². The van der Waals surface area contributed by atoms with Gasteiger partial charge in [-0.1, -0.05) is 20.3 Å². The quantitative estimate of drug-likeness (QED) is 0.813. The summed E-state index contributed by atoms with van der Waals surface area (Å²) in [6.45, 7) is 6.55. The van der Waals surface area contributed by atoms with Crippen LogP contribution in [-0.4, -0.2) is 36.6 Å². The summed E-state index contributed by atoms with van der Waals surface area (Å²) in [5.41, 5.74) is -0.239. The molecular formula is C18H33N3. The van der Waals surface area contributed by atoms with Crippen molar-refractivity contribution in [1.82, 2.24) is 10.2 Å². The highest BCUT2D eigenvalue weighted by molar-refractivity contribution is 5.14. The van der Waals surface area contributed by atoms with E-state index in [0.717, 1.165) is 31.5 Å². The summed E-state index contributed by atoms with van der Waals surface area (Å²) in [5.74, 6) is 1.46. The van der Waals surface area contributed by atoms with Crippen molar-refractivity contribution in [1.29, 1.82) is 5.26 Å². The first-order chi connectivity index (χ1) is 10.1. The molecule has 2 fully saturated rings. The van der Waals surface area contributed by atoms with E-state index in [2.05, 4.69) is 37.2 Å². The van der Waals surface area contributed by atoms with Crippen LogP contribution in [0.1, 0.15) is 65.2 Å². The molecule has 3 nitrogen and oxygen atoms in total. The second-order valence-corrected chi connectivity index (χ2v) is 7.39. The number of nitrogens with zero attached hydrogens (tertiary/aromatic N) is 2. The fourth-order valence-corrected chi connectivity index (χ4v) is 4.43. The maximum Gasteiger partial charge on any atom is 0.109 e. The van der Waals surface area contributed by atoms with Gasteiger partial charge < -0.3 is 4.90 Å². The van der Waals surface area contributed by atoms with E-state index in [-0.39, 0.29) is 5.54 Å². The van der Waals surface area contributed by atoms with Gasteiger partial charge in [-0.05, 0) is 76.9 Å². The van der Waals surface area contributed by atoms with E-state index in [1.807, 2.05) is 0 Å². The molecule has 0 amide bonds. The van der Waals surface area contributed by atoms with Crippen molar-refractivity contribution >= 4 is 0 Å². The van der Waals surface area contributed by atoms with E-state index in [4.69, 9.17) is 0 Å². The Kier molecular flexibility index (Phi) is 6.08. The highest BCUT2D eigenvalue weighted by Gasteiger charge is 2.42. The first kappa shape index (κ1) is 16.8. The van der Waals surface area contributed by atoms with Crippen LogP contribution in [-0.2, 0) is 0 Å². The first-order valence-corrected chi connectivity index (χ1v) is 8.97. The van der Waals surface area contributed by atoms with Crippen LogP contribution in [0.4, 0.5) is 0 Å². The summed E-state index contributed by atoms with van der Waals surface area (Å²) >= 11 is 0. The third-order valence-electron chi connectivity index (χ3n) is 5.95. The Morgan fingerprint density at radius 1 is 1.24 bits per heavy atom. The normalized spacial score (nSPS) is 36.8. The predicted molar refractivity (Wildman–Crippen MR) is 88.0 cm³/mol. The minimum atomic E-state index is -0.239. The molecule has 2 aliphatic rings. The predicted octanol–water partition coefficient (Wildman–Crippen LogP) is 3.56. The molecule has 2 saturated carbocycles. The first-order valence-electron chi connectivity index (χ1n) is 8.97. The zero-order valence-electron chi connectivity index (χ0n) is 14.2. The van der Waals surface area contributed by atoms with E-state index in [0.29, 0.717) is 5.92 Å². The minimum absolute atomic E-state index is 0.239. The van der Waals surface area contributed by atoms with Gasteiger partial charge >= 0.3 is 0 Å². The van der Waals surface area contributed by atoms with Crippen LogP contribution in [0.3, 0.4) is 0 Å². The lowest BCUT2D eigenvalue weighted by molar-refractivity contribution is 0.154. The smallest absolute Gasteiger partial charge is 0.109 e. The Labute approximate surface area is 131 Å². The highest BCUT2D eigenvalue weighted by atomic mass is 15.1. The molecule has 0 aromatic rings. The molecule has 0 aromatic heterocycles. The minimum Gasteiger partial charge on any atom is -0.303 e. The molecule has 120 valence electrons. The molecule has 21 heavy (non-hydrogen) atoms. The molecule has 2 rings (SSSR count). The number of rotatable bonds is 6. The van der Waals surface area contributed by atoms with E-state index in [1.54, 1.807) is 0 Å². The number of nitrogens with one attached hydrogen (secondary N) is 1. The Morgan fingerprint density at radius 3 is 2.57 bits per heavy atom. The molecule has 3 heteroatoms. The van der Waals surface area contributed by atoms with Crippen LogP contribution in [0.2, 0.25) is 0 Å². The highest BCUT2D eigenvalue weighted by Crippen LogP contribution is 2.38. The summed E-state index contributed by atoms with van der Waals surface area (Å²) in [4.78, 5) is 2.57. The van der Waals surface area contributed by atoms with Gasteiger partial charge in [0.05, 0.1) is 6.07 Å². The van der Waals surface area contributed by atoms with Gasteiger partial charge in [-0.25, -0.2) is 0 Å². The lowest BCUT2D eigenvalue weighted by Gasteiger charge is -2.36. The summed E-state index contributed by atoms with van der Waals surface area (Å²) < 4.78 is 0. The molecule has 2 atom stereocenters. The van der Waals surface area contributed by atoms with E-state index in [9.17, 15) is 5.26 Å². The summed E-state index contributed by atoms with van der Waals surface area (Å²) in [5, 5.41) is 13.1. The van der Waals surface area contributed by atoms with Gasteiger partial charge in [0.25, 0.3) is 0 Å². The van der Waals surface area contributed by atoms with E-state index < -0.39 is 0 Å². The van der Waals surface area contributed by atoms with Gasteiger partial charge in [-0.15, -0.1) is 0 Å². The van der Waals surface area contributed by atoms with Crippen LogP contribution < -0.4 is 5.32 Å². The van der Waals surface area contributed by atoms with Crippen molar-refractivity contribution in [2.75, 3.05) is 20.1 Å². The Hall–Kier alpha value is -0.590. The number of hydrogen-bond donors (Lipinski definition) is 1. The van der Waals surface area contributed by atoms with Crippen LogP contribution in [0, 0.1) is 23.2 Å². The fourth-order valence-electron chi connectivity index (χ4n) is 4.43. The molecular weight excluding hydrogens is 258 g/mol. The third-order valence-corrected chi connectivity index (χ3v) is 5.95. The van der Waals surface area contributed by atoms with Gasteiger partial charge in [-0.3, -0.25) is 5.32 Å². The van der Waals surface area contributed by atoms with Crippen molar-refractivity contribution in [3.63, 3.8) is 0 Å². The average Bonchev–Trinajstić information content (AvgIpc) is 2.89. The van der Waals surface area contributed by atoms with E-state index >= 15 is 0 Å². The number of hydrogen-bond acceptors (Lipinski definition) is 3. The Morgan fingerprint density at radius 2 is 1.95 bits per heavy atom. The monoisotopic (exact) mass is 291 g/mol. The molecule has 0 heterocycles. The molecule has 0 aliphatic heterocycles. The molecule has 1 N–H and O–H groups in total. The average molecular weight is 291 g/mol. The number of nitriles is 1. The molecule has 2 unspecified atom stereocenters. The Bertz CT molecular complexity index is 354. The maximum absolute atomic E-state index is 9.64. The van der Waals surface area contributed by atoms with Crippen LogP contribution in [0.15, 0.2) is 0 Å². The van der Waals surface area contributed by atoms with Gasteiger partial charge in [-0.2, -0.15) is 5.26 Å². The van der Waals surface area contributed by atoms with E-state index in [1.165, 1.54) is 44.9 Å². The molecule has 0 radical (unpaired) electrons. The van der Waals surface area contributed by atoms with Gasteiger partial charge in [0.1, 0.15) is 5.54 Å². The summed E-state index contributed by atoms with van der Waals surface area (Å²) in [7, 11) is 2.29. The molecule has 0 spiro atoms. The van der Waals surface area contributed by atoms with Crippen molar-refractivity contribution in [2.45, 2.75) is 76.8 Å². The maximum atomic E-state index is 9.64. The topological polar surface area (TPSA) is 39.1 Å². The molecule has 0 bridgehead atoms. The lowest BCUT2D eigenvalue weighted by atomic mass is 9.84. The summed E-state index contributed by atoms with van der Waals surface area (Å²) in [6.07, 6.45) is 10.1. The van der Waals surface area contributed by atoms with Crippen molar-refractivity contribution in [3.8, 4) is 6.07 Å². The van der Waals surface area contributed by atoms with Crippen LogP contribution >= 0.6 is 0 Å². The van der Waals surface area contributed by atoms with Crippen molar-refractivity contribution in [2.24, 2.45) is 11.8 Å². The van der Waals surface area contributed by atoms with Crippen LogP contribution in [0.25, 0.3) is 0 Å². The van der Waals surface area contributed by atoms with Crippen LogP contribution in [0.5, 0.6) is 0 Å². The van der Waals surface area contributed by atoms with Crippen molar-refractivity contribution < 1.29 is 0 Å². The second-order valence-electron chi connectivity index (χ2n) is 7.39. The second kappa shape index (κ2) is 7.61. The van der Waals surface area contributed by atoms with Gasteiger partial charge in [0.15, 0.2) is 0 Å². The van der Waals surface area contributed by atoms with Crippen molar-refractivity contribution in [3.05, 3.63) is 0 Å². The molecule has 2 aliphatic carbocycles. The standard InChI is InChI=1S/C18H33N3/c1-4-20-18(14-19)12-5-6-16(18)11-13-21(3)17-9-7-15(2)8-10-17/h15-17,20H,4-13H2,1-3H3. The Balaban J connectivity index is 1.83. The summed E-state index contributed by atoms with van der Waals surface area (Å²) in [6, 6.07) is 3.38. The SMILES string of the molecule is CCNC1(C#N)CCCC1CCN(C)C1CCC(C)CC1. The largest absolute Gasteiger partial charge is 0.303 e. The fraction of sp³-hybridized carbons (Fsp3) is 0.944. The lowest BCUT2D eigenvalue weighted by Crippen LogP contribution is -2.48. The molecule has 0 saturated heterocycles. The zero-order valence-corrected chi connectivity index (χ0v) is 14.2. The third kappa shape index (κ3) is 3.99. The van der Waals surface area contributed by atoms with Gasteiger partial charge in [0.2, 0.25) is 0 Å².